The van der Waals surface area contributed by atoms with E-state index in [1.807, 2.05) is 0 Å². The lowest BCUT2D eigenvalue weighted by molar-refractivity contribution is -0.153. The third kappa shape index (κ3) is 4.65. The molecule has 0 aromatic carbocycles. The number of nitrogens with zero attached hydrogens (tertiary/aromatic N) is 4. The Bertz CT molecular complexity index is 1410. The van der Waals surface area contributed by atoms with Gasteiger partial charge in [-0.25, -0.2) is 28.0 Å². The van der Waals surface area contributed by atoms with E-state index in [9.17, 15) is 27.9 Å². The molecule has 16 heteroatoms. The third-order valence-corrected chi connectivity index (χ3v) is 9.41. The van der Waals surface area contributed by atoms with Crippen molar-refractivity contribution in [2.24, 2.45) is 16.5 Å². The molecule has 2 amide bonds. The second-order valence-electron chi connectivity index (χ2n) is 8.38. The summed E-state index contributed by atoms with van der Waals surface area (Å²) >= 11 is 1.17. The van der Waals surface area contributed by atoms with Crippen molar-refractivity contribution in [3.05, 3.63) is 46.7 Å². The average Bonchev–Trinajstić information content (AvgIpc) is 3.37. The van der Waals surface area contributed by atoms with Crippen LogP contribution in [0.25, 0.3) is 6.08 Å². The minimum Gasteiger partial charge on any atom is -0.480 e. The highest BCUT2D eigenvalue weighted by molar-refractivity contribution is 7.94. The molecule has 2 fully saturated rings. The number of alkyl carbamates (subject to hydrolysis) is 1. The Morgan fingerprint density at radius 3 is 2.81 bits per heavy atom. The van der Waals surface area contributed by atoms with Crippen molar-refractivity contribution >= 4 is 56.2 Å². The first-order chi connectivity index (χ1) is 17.5. The van der Waals surface area contributed by atoms with Crippen LogP contribution in [0.4, 0.5) is 9.93 Å². The highest BCUT2D eigenvalue weighted by atomic mass is 32.2. The second kappa shape index (κ2) is 9.87. The van der Waals surface area contributed by atoms with Crippen LogP contribution >= 0.6 is 11.3 Å². The molecule has 2 aliphatic rings. The van der Waals surface area contributed by atoms with Gasteiger partial charge in [-0.1, -0.05) is 6.07 Å². The van der Waals surface area contributed by atoms with E-state index in [4.69, 9.17) is 16.2 Å². The number of amides is 2. The van der Waals surface area contributed by atoms with Crippen LogP contribution in [0.15, 0.2) is 40.3 Å². The second-order valence-corrected chi connectivity index (χ2v) is 11.7. The lowest BCUT2D eigenvalue weighted by Gasteiger charge is -2.37. The molecule has 2 saturated heterocycles. The summed E-state index contributed by atoms with van der Waals surface area (Å²) in [6.07, 6.45) is 1.79. The molecule has 4 rings (SSSR count). The monoisotopic (exact) mass is 549 g/mol. The van der Waals surface area contributed by atoms with E-state index >= 15 is 0 Å². The zero-order valence-electron chi connectivity index (χ0n) is 19.4. The molecule has 0 saturated carbocycles. The van der Waals surface area contributed by atoms with E-state index in [0.717, 1.165) is 11.8 Å². The van der Waals surface area contributed by atoms with E-state index in [-0.39, 0.29) is 24.5 Å². The van der Waals surface area contributed by atoms with Crippen molar-refractivity contribution in [1.82, 2.24) is 20.2 Å². The number of pyridine rings is 1. The first-order valence-electron chi connectivity index (χ1n) is 10.8. The number of aliphatic carboxylic acids is 1. The number of carboxylic acids is 1. The van der Waals surface area contributed by atoms with E-state index < -0.39 is 50.6 Å². The van der Waals surface area contributed by atoms with Crippen molar-refractivity contribution in [2.75, 3.05) is 13.2 Å². The summed E-state index contributed by atoms with van der Waals surface area (Å²) in [5.41, 5.74) is 11.6. The summed E-state index contributed by atoms with van der Waals surface area (Å²) in [6.45, 7) is 0.339. The molecule has 37 heavy (non-hydrogen) atoms. The maximum absolute atomic E-state index is 13.5. The number of aromatic nitrogens is 2. The maximum Gasteiger partial charge on any atom is 0.407 e. The van der Waals surface area contributed by atoms with Gasteiger partial charge in [-0.3, -0.25) is 9.78 Å². The molecular formula is C21H23N7O7S2. The number of nitrogens with one attached hydrogen (secondary N) is 1. The molecule has 0 unspecified atom stereocenters. The van der Waals surface area contributed by atoms with E-state index in [1.165, 1.54) is 23.6 Å². The SMILES string of the molecule is C[C@]1(COC(=O)NCc2csc(N=C(N)CN)n2)[C@H](C(=O)O)N2C(=O)C(=Cc3ccccn3)[C@H]2S1(=O)=O. The van der Waals surface area contributed by atoms with Crippen molar-refractivity contribution in [2.45, 2.75) is 29.6 Å². The first kappa shape index (κ1) is 26.2. The lowest BCUT2D eigenvalue weighted by Crippen LogP contribution is -2.59. The summed E-state index contributed by atoms with van der Waals surface area (Å²) in [5.74, 6) is -2.08. The van der Waals surface area contributed by atoms with E-state index in [0.29, 0.717) is 16.5 Å². The van der Waals surface area contributed by atoms with Gasteiger partial charge in [-0.2, -0.15) is 0 Å². The standard InChI is InChI=1S/C21H23N7O7S2/c1-21(10-35-20(32)25-8-12-9-36-19(26-12)27-14(23)7-22)15(18(30)31)28-16(29)13(17(28)37(21,33)34)6-11-4-2-3-5-24-11/h2-6,9,15,17H,7-8,10,22H2,1H3,(H,25,32)(H,30,31)(H2,23,26,27)/t15-,17+,21-/m0/s1. The Balaban J connectivity index is 1.48. The molecule has 6 N–H and O–H groups in total. The number of rotatable bonds is 8. The van der Waals surface area contributed by atoms with Gasteiger partial charge in [0.15, 0.2) is 21.3 Å². The number of hydrogen-bond acceptors (Lipinski definition) is 11. The Labute approximate surface area is 215 Å². The van der Waals surface area contributed by atoms with Crippen LogP contribution in [0.5, 0.6) is 0 Å². The lowest BCUT2D eigenvalue weighted by atomic mass is 9.94. The molecule has 14 nitrogen and oxygen atoms in total. The molecule has 196 valence electrons. The molecule has 0 spiro atoms. The average molecular weight is 550 g/mol. The fourth-order valence-corrected chi connectivity index (χ4v) is 7.03. The van der Waals surface area contributed by atoms with Gasteiger partial charge in [0.25, 0.3) is 5.91 Å². The summed E-state index contributed by atoms with van der Waals surface area (Å²) in [4.78, 5) is 50.2. The fourth-order valence-electron chi connectivity index (χ4n) is 4.03. The maximum atomic E-state index is 13.5. The molecule has 2 aromatic heterocycles. The van der Waals surface area contributed by atoms with Crippen molar-refractivity contribution < 1.29 is 32.6 Å². The van der Waals surface area contributed by atoms with Crippen LogP contribution in [0.1, 0.15) is 18.3 Å². The number of carboxylic acid groups (broad SMARTS) is 1. The Kier molecular flexibility index (Phi) is 6.98. The highest BCUT2D eigenvalue weighted by Gasteiger charge is 2.72. The summed E-state index contributed by atoms with van der Waals surface area (Å²) in [7, 11) is -4.32. The van der Waals surface area contributed by atoms with Crippen molar-refractivity contribution in [3.63, 3.8) is 0 Å². The molecule has 0 bridgehead atoms. The summed E-state index contributed by atoms with van der Waals surface area (Å²) in [6, 6.07) is 3.14. The molecule has 0 radical (unpaired) electrons. The van der Waals surface area contributed by atoms with Crippen LogP contribution in [-0.4, -0.2) is 81.5 Å². The van der Waals surface area contributed by atoms with Gasteiger partial charge in [-0.05, 0) is 25.1 Å². The first-order valence-corrected chi connectivity index (χ1v) is 13.2. The van der Waals surface area contributed by atoms with Gasteiger partial charge >= 0.3 is 12.1 Å². The van der Waals surface area contributed by atoms with Gasteiger partial charge in [0.05, 0.1) is 30.1 Å². The van der Waals surface area contributed by atoms with Crippen LogP contribution < -0.4 is 16.8 Å². The number of β-lactam (4-membered cyclic amide) rings is 1. The van der Waals surface area contributed by atoms with Crippen LogP contribution in [0, 0.1) is 0 Å². The number of hydrogen-bond donors (Lipinski definition) is 4. The minimum absolute atomic E-state index is 0.0583. The summed E-state index contributed by atoms with van der Waals surface area (Å²) in [5, 5.41) is 12.7. The van der Waals surface area contributed by atoms with Gasteiger partial charge in [0, 0.05) is 11.6 Å². The summed E-state index contributed by atoms with van der Waals surface area (Å²) < 4.78 is 30.0. The van der Waals surface area contributed by atoms with E-state index in [1.54, 1.807) is 23.6 Å². The number of amidine groups is 1. The predicted octanol–water partition coefficient (Wildman–Crippen LogP) is -0.396. The van der Waals surface area contributed by atoms with Gasteiger partial charge in [0.1, 0.15) is 17.2 Å². The van der Waals surface area contributed by atoms with Gasteiger partial charge < -0.3 is 31.5 Å². The zero-order valence-corrected chi connectivity index (χ0v) is 21.0. The Morgan fingerprint density at radius 2 is 2.16 bits per heavy atom. The molecule has 3 atom stereocenters. The largest absolute Gasteiger partial charge is 0.480 e. The van der Waals surface area contributed by atoms with Crippen molar-refractivity contribution in [3.8, 4) is 0 Å². The highest BCUT2D eigenvalue weighted by Crippen LogP contribution is 2.49. The zero-order chi connectivity index (χ0) is 27.0. The number of aliphatic imine (C=N–C) groups is 1. The minimum atomic E-state index is -4.32. The molecular weight excluding hydrogens is 526 g/mol. The third-order valence-electron chi connectivity index (χ3n) is 5.92. The van der Waals surface area contributed by atoms with Gasteiger partial charge in [0.2, 0.25) is 5.13 Å². The van der Waals surface area contributed by atoms with Gasteiger partial charge in [-0.15, -0.1) is 11.3 Å². The van der Waals surface area contributed by atoms with Crippen molar-refractivity contribution in [1.29, 1.82) is 0 Å². The van der Waals surface area contributed by atoms with Crippen LogP contribution in [-0.2, 0) is 30.7 Å². The number of carbonyl (C=O) groups is 3. The number of nitrogens with two attached hydrogens (primary N) is 2. The normalized spacial score (nSPS) is 25.5. The molecule has 2 aliphatic heterocycles. The smallest absolute Gasteiger partial charge is 0.407 e. The Morgan fingerprint density at radius 1 is 1.41 bits per heavy atom. The number of carbonyl (C=O) groups excluding carboxylic acids is 2. The fraction of sp³-hybridized carbons (Fsp3) is 0.333. The van der Waals surface area contributed by atoms with Crippen LogP contribution in [0.3, 0.4) is 0 Å². The quantitative estimate of drug-likeness (QED) is 0.144. The van der Waals surface area contributed by atoms with E-state index in [2.05, 4.69) is 20.3 Å². The molecule has 0 aliphatic carbocycles. The molecule has 4 heterocycles. The number of thiazole rings is 1. The predicted molar refractivity (Wildman–Crippen MR) is 132 cm³/mol. The number of sulfone groups is 1. The number of ether oxygens (including phenoxy) is 1. The van der Waals surface area contributed by atoms with Crippen LogP contribution in [0.2, 0.25) is 0 Å². The molecule has 2 aromatic rings. The number of fused-ring (bicyclic) bond motifs is 1. The topological polar surface area (TPSA) is 220 Å². The Hall–Kier alpha value is -3.89.